The van der Waals surface area contributed by atoms with E-state index in [4.69, 9.17) is 26.1 Å². The summed E-state index contributed by atoms with van der Waals surface area (Å²) in [7, 11) is 3.20. The zero-order valence-electron chi connectivity index (χ0n) is 19.2. The molecule has 1 N–H and O–H groups in total. The molecule has 0 saturated carbocycles. The summed E-state index contributed by atoms with van der Waals surface area (Å²) in [5.41, 5.74) is 2.25. The van der Waals surface area contributed by atoms with E-state index in [9.17, 15) is 4.79 Å². The Kier molecular flexibility index (Phi) is 7.54. The van der Waals surface area contributed by atoms with Gasteiger partial charge in [-0.05, 0) is 54.6 Å². The summed E-state index contributed by atoms with van der Waals surface area (Å²) in [6, 6.07) is 22.3. The van der Waals surface area contributed by atoms with Crippen LogP contribution in [0.3, 0.4) is 0 Å². The number of guanidine groups is 1. The number of rotatable bonds is 5. The Morgan fingerprint density at radius 3 is 2.32 bits per heavy atom. The normalized spacial score (nSPS) is 14.0. The molecule has 1 saturated heterocycles. The fourth-order valence-corrected chi connectivity index (χ4v) is 3.96. The van der Waals surface area contributed by atoms with Gasteiger partial charge < -0.3 is 19.3 Å². The summed E-state index contributed by atoms with van der Waals surface area (Å²) < 4.78 is 10.7. The lowest BCUT2D eigenvalue weighted by Crippen LogP contribution is -2.53. The first-order valence-electron chi connectivity index (χ1n) is 11.0. The molecule has 3 aromatic carbocycles. The Morgan fingerprint density at radius 2 is 1.65 bits per heavy atom. The van der Waals surface area contributed by atoms with Crippen LogP contribution in [0.25, 0.3) is 0 Å². The number of methoxy groups -OCH3 is 2. The van der Waals surface area contributed by atoms with Crippen molar-refractivity contribution in [3.63, 3.8) is 0 Å². The zero-order valence-corrected chi connectivity index (χ0v) is 20.0. The molecular weight excluding hydrogens is 452 g/mol. The first kappa shape index (κ1) is 23.4. The van der Waals surface area contributed by atoms with E-state index in [0.717, 1.165) is 18.8 Å². The van der Waals surface area contributed by atoms with Crippen LogP contribution in [0, 0.1) is 0 Å². The third kappa shape index (κ3) is 5.61. The van der Waals surface area contributed by atoms with E-state index >= 15 is 0 Å². The van der Waals surface area contributed by atoms with Gasteiger partial charge in [0.25, 0.3) is 5.91 Å². The molecule has 0 bridgehead atoms. The average molecular weight is 479 g/mol. The third-order valence-corrected chi connectivity index (χ3v) is 5.88. The molecule has 0 radical (unpaired) electrons. The standard InChI is InChI=1S/C26H27ClN4O3/c1-33-22-12-10-19(11-13-22)25(32)29-26(28-23-8-3-4-9-24(23)34-2)31-16-14-30(15-17-31)21-7-5-6-20(27)18-21/h3-13,18H,14-17H2,1-2H3,(H,28,29,32). The fourth-order valence-electron chi connectivity index (χ4n) is 3.78. The van der Waals surface area contributed by atoms with E-state index in [1.54, 1.807) is 38.5 Å². The second-order valence-corrected chi connectivity index (χ2v) is 8.18. The van der Waals surface area contributed by atoms with Crippen molar-refractivity contribution in [1.29, 1.82) is 0 Å². The van der Waals surface area contributed by atoms with Gasteiger partial charge in [-0.3, -0.25) is 10.1 Å². The number of halogens is 1. The molecule has 1 heterocycles. The van der Waals surface area contributed by atoms with Crippen LogP contribution in [-0.2, 0) is 0 Å². The van der Waals surface area contributed by atoms with Gasteiger partial charge in [0.2, 0.25) is 5.96 Å². The smallest absolute Gasteiger partial charge is 0.257 e. The predicted molar refractivity (Wildman–Crippen MR) is 136 cm³/mol. The van der Waals surface area contributed by atoms with Crippen LogP contribution >= 0.6 is 11.6 Å². The Balaban J connectivity index is 1.56. The second-order valence-electron chi connectivity index (χ2n) is 7.74. The molecule has 176 valence electrons. The molecule has 3 aromatic rings. The van der Waals surface area contributed by atoms with Crippen molar-refractivity contribution in [1.82, 2.24) is 10.2 Å². The van der Waals surface area contributed by atoms with Gasteiger partial charge in [-0.1, -0.05) is 29.8 Å². The summed E-state index contributed by atoms with van der Waals surface area (Å²) in [6.45, 7) is 2.90. The number of hydrogen-bond donors (Lipinski definition) is 1. The maximum Gasteiger partial charge on any atom is 0.257 e. The van der Waals surface area contributed by atoms with Crippen molar-refractivity contribution in [2.75, 3.05) is 45.3 Å². The van der Waals surface area contributed by atoms with E-state index in [2.05, 4.69) is 21.2 Å². The molecule has 0 aliphatic carbocycles. The molecule has 1 aliphatic rings. The van der Waals surface area contributed by atoms with Crippen LogP contribution < -0.4 is 19.7 Å². The number of anilines is 1. The van der Waals surface area contributed by atoms with Gasteiger partial charge in [0.1, 0.15) is 17.2 Å². The van der Waals surface area contributed by atoms with E-state index in [1.807, 2.05) is 42.5 Å². The molecule has 4 rings (SSSR count). The number of aliphatic imine (C=N–C) groups is 1. The van der Waals surface area contributed by atoms with Gasteiger partial charge in [-0.15, -0.1) is 0 Å². The minimum absolute atomic E-state index is 0.242. The van der Waals surface area contributed by atoms with Crippen molar-refractivity contribution in [2.24, 2.45) is 4.99 Å². The van der Waals surface area contributed by atoms with Gasteiger partial charge in [0.15, 0.2) is 0 Å². The highest BCUT2D eigenvalue weighted by atomic mass is 35.5. The molecule has 0 spiro atoms. The SMILES string of the molecule is COc1ccc(C(=O)NC(=Nc2ccccc2OC)N2CCN(c3cccc(Cl)c3)CC2)cc1. The molecule has 1 aliphatic heterocycles. The van der Waals surface area contributed by atoms with E-state index < -0.39 is 0 Å². The van der Waals surface area contributed by atoms with Crippen molar-refractivity contribution >= 4 is 34.8 Å². The van der Waals surface area contributed by atoms with Gasteiger partial charge in [0.05, 0.1) is 14.2 Å². The van der Waals surface area contributed by atoms with E-state index in [0.29, 0.717) is 46.8 Å². The number of nitrogens with zero attached hydrogens (tertiary/aromatic N) is 3. The largest absolute Gasteiger partial charge is 0.497 e. The maximum atomic E-state index is 13.0. The Bertz CT molecular complexity index is 1160. The lowest BCUT2D eigenvalue weighted by atomic mass is 10.2. The summed E-state index contributed by atoms with van der Waals surface area (Å²) in [6.07, 6.45) is 0. The minimum Gasteiger partial charge on any atom is -0.497 e. The third-order valence-electron chi connectivity index (χ3n) is 5.64. The Labute approximate surface area is 204 Å². The summed E-state index contributed by atoms with van der Waals surface area (Å²) in [5, 5.41) is 3.72. The maximum absolute atomic E-state index is 13.0. The van der Waals surface area contributed by atoms with Crippen molar-refractivity contribution in [2.45, 2.75) is 0 Å². The Hall–Kier alpha value is -3.71. The van der Waals surface area contributed by atoms with Crippen molar-refractivity contribution < 1.29 is 14.3 Å². The molecule has 34 heavy (non-hydrogen) atoms. The van der Waals surface area contributed by atoms with Gasteiger partial charge in [-0.25, -0.2) is 4.99 Å². The number of hydrogen-bond acceptors (Lipinski definition) is 5. The summed E-state index contributed by atoms with van der Waals surface area (Å²) >= 11 is 6.17. The number of carbonyl (C=O) groups excluding carboxylic acids is 1. The van der Waals surface area contributed by atoms with Crippen LogP contribution in [0.1, 0.15) is 10.4 Å². The van der Waals surface area contributed by atoms with Crippen molar-refractivity contribution in [3.05, 3.63) is 83.4 Å². The number of nitrogens with one attached hydrogen (secondary N) is 1. The number of carbonyl (C=O) groups is 1. The molecule has 0 atom stereocenters. The summed E-state index contributed by atoms with van der Waals surface area (Å²) in [5.74, 6) is 1.57. The molecule has 1 amide bonds. The molecule has 0 unspecified atom stereocenters. The molecule has 1 fully saturated rings. The number of benzene rings is 3. The predicted octanol–water partition coefficient (Wildman–Crippen LogP) is 4.60. The average Bonchev–Trinajstić information content (AvgIpc) is 2.88. The number of ether oxygens (including phenoxy) is 2. The molecule has 8 heteroatoms. The quantitative estimate of drug-likeness (QED) is 0.429. The second kappa shape index (κ2) is 10.9. The van der Waals surface area contributed by atoms with Crippen LogP contribution in [0.5, 0.6) is 11.5 Å². The lowest BCUT2D eigenvalue weighted by molar-refractivity contribution is 0.0971. The van der Waals surface area contributed by atoms with Gasteiger partial charge >= 0.3 is 0 Å². The number of para-hydroxylation sites is 2. The molecule has 0 aromatic heterocycles. The highest BCUT2D eigenvalue weighted by Crippen LogP contribution is 2.27. The summed E-state index contributed by atoms with van der Waals surface area (Å²) in [4.78, 5) is 22.2. The van der Waals surface area contributed by atoms with Crippen molar-refractivity contribution in [3.8, 4) is 11.5 Å². The minimum atomic E-state index is -0.242. The molecular formula is C26H27ClN4O3. The van der Waals surface area contributed by atoms with Crippen LogP contribution in [0.2, 0.25) is 5.02 Å². The van der Waals surface area contributed by atoms with Crippen LogP contribution in [0.4, 0.5) is 11.4 Å². The lowest BCUT2D eigenvalue weighted by Gasteiger charge is -2.37. The highest BCUT2D eigenvalue weighted by molar-refractivity contribution is 6.30. The number of piperazine rings is 1. The fraction of sp³-hybridized carbons (Fsp3) is 0.231. The monoisotopic (exact) mass is 478 g/mol. The number of amides is 1. The topological polar surface area (TPSA) is 66.4 Å². The van der Waals surface area contributed by atoms with Gasteiger partial charge in [0, 0.05) is 42.5 Å². The molecule has 7 nitrogen and oxygen atoms in total. The van der Waals surface area contributed by atoms with Crippen LogP contribution in [0.15, 0.2) is 77.8 Å². The highest BCUT2D eigenvalue weighted by Gasteiger charge is 2.23. The van der Waals surface area contributed by atoms with Gasteiger partial charge in [-0.2, -0.15) is 0 Å². The van der Waals surface area contributed by atoms with E-state index in [1.165, 1.54) is 0 Å². The first-order chi connectivity index (χ1) is 16.6. The van der Waals surface area contributed by atoms with Crippen LogP contribution in [-0.4, -0.2) is 57.2 Å². The van der Waals surface area contributed by atoms with E-state index in [-0.39, 0.29) is 5.91 Å². The Morgan fingerprint density at radius 1 is 0.912 bits per heavy atom. The zero-order chi connectivity index (χ0) is 23.9. The first-order valence-corrected chi connectivity index (χ1v) is 11.4.